The lowest BCUT2D eigenvalue weighted by Crippen LogP contribution is -2.39. The SMILES string of the molecule is C=CCN(CCO)CCC(N)C(C)(C)C. The maximum atomic E-state index is 8.88. The van der Waals surface area contributed by atoms with E-state index in [9.17, 15) is 0 Å². The second-order valence-corrected chi connectivity index (χ2v) is 5.07. The molecule has 0 spiro atoms. The van der Waals surface area contributed by atoms with Crippen LogP contribution in [-0.4, -0.2) is 42.3 Å². The van der Waals surface area contributed by atoms with Crippen molar-refractivity contribution in [3.63, 3.8) is 0 Å². The van der Waals surface area contributed by atoms with Gasteiger partial charge < -0.3 is 10.8 Å². The molecule has 1 atom stereocenters. The van der Waals surface area contributed by atoms with E-state index in [4.69, 9.17) is 10.8 Å². The van der Waals surface area contributed by atoms with E-state index in [1.54, 1.807) is 0 Å². The predicted molar refractivity (Wildman–Crippen MR) is 65.8 cm³/mol. The molecule has 0 aliphatic heterocycles. The fourth-order valence-electron chi connectivity index (χ4n) is 1.37. The second kappa shape index (κ2) is 6.99. The number of nitrogens with zero attached hydrogens (tertiary/aromatic N) is 1. The molecule has 15 heavy (non-hydrogen) atoms. The fraction of sp³-hybridized carbons (Fsp3) is 0.833. The molecule has 0 rings (SSSR count). The first-order chi connectivity index (χ1) is 6.91. The van der Waals surface area contributed by atoms with E-state index in [1.165, 1.54) is 0 Å². The summed E-state index contributed by atoms with van der Waals surface area (Å²) in [5.41, 5.74) is 6.23. The van der Waals surface area contributed by atoms with Gasteiger partial charge in [0.1, 0.15) is 0 Å². The molecule has 0 aromatic heterocycles. The average molecular weight is 214 g/mol. The number of aliphatic hydroxyl groups excluding tert-OH is 1. The van der Waals surface area contributed by atoms with Crippen molar-refractivity contribution in [2.75, 3.05) is 26.2 Å². The molecule has 0 bridgehead atoms. The lowest BCUT2D eigenvalue weighted by molar-refractivity contribution is 0.192. The molecule has 3 heteroatoms. The van der Waals surface area contributed by atoms with Crippen LogP contribution in [0.2, 0.25) is 0 Å². The molecule has 1 unspecified atom stereocenters. The van der Waals surface area contributed by atoms with Crippen molar-refractivity contribution < 1.29 is 5.11 Å². The second-order valence-electron chi connectivity index (χ2n) is 5.07. The zero-order valence-corrected chi connectivity index (χ0v) is 10.4. The van der Waals surface area contributed by atoms with Gasteiger partial charge in [-0.15, -0.1) is 6.58 Å². The summed E-state index contributed by atoms with van der Waals surface area (Å²) in [7, 11) is 0. The van der Waals surface area contributed by atoms with E-state index in [2.05, 4.69) is 32.3 Å². The molecule has 0 saturated heterocycles. The Bertz CT molecular complexity index is 175. The molecule has 0 radical (unpaired) electrons. The minimum Gasteiger partial charge on any atom is -0.395 e. The van der Waals surface area contributed by atoms with Gasteiger partial charge in [-0.2, -0.15) is 0 Å². The van der Waals surface area contributed by atoms with Crippen LogP contribution in [0.15, 0.2) is 12.7 Å². The summed E-state index contributed by atoms with van der Waals surface area (Å²) in [5, 5.41) is 8.88. The zero-order chi connectivity index (χ0) is 11.9. The molecule has 3 nitrogen and oxygen atoms in total. The van der Waals surface area contributed by atoms with Gasteiger partial charge in [-0.25, -0.2) is 0 Å². The van der Waals surface area contributed by atoms with Gasteiger partial charge in [-0.05, 0) is 11.8 Å². The highest BCUT2D eigenvalue weighted by Crippen LogP contribution is 2.19. The average Bonchev–Trinajstić information content (AvgIpc) is 2.12. The van der Waals surface area contributed by atoms with Crippen molar-refractivity contribution in [3.8, 4) is 0 Å². The van der Waals surface area contributed by atoms with Gasteiger partial charge in [0, 0.05) is 25.7 Å². The Morgan fingerprint density at radius 2 is 2.00 bits per heavy atom. The molecule has 0 heterocycles. The smallest absolute Gasteiger partial charge is 0.0558 e. The van der Waals surface area contributed by atoms with E-state index in [-0.39, 0.29) is 18.1 Å². The predicted octanol–water partition coefficient (Wildman–Crippen LogP) is 1.23. The fourth-order valence-corrected chi connectivity index (χ4v) is 1.37. The minimum atomic E-state index is 0.152. The number of nitrogens with two attached hydrogens (primary N) is 1. The van der Waals surface area contributed by atoms with Crippen molar-refractivity contribution >= 4 is 0 Å². The van der Waals surface area contributed by atoms with Crippen LogP contribution < -0.4 is 5.73 Å². The summed E-state index contributed by atoms with van der Waals surface area (Å²) < 4.78 is 0. The molecule has 0 aromatic rings. The molecule has 0 fully saturated rings. The minimum absolute atomic E-state index is 0.152. The zero-order valence-electron chi connectivity index (χ0n) is 10.4. The summed E-state index contributed by atoms with van der Waals surface area (Å²) >= 11 is 0. The summed E-state index contributed by atoms with van der Waals surface area (Å²) in [6.07, 6.45) is 2.82. The van der Waals surface area contributed by atoms with E-state index in [0.29, 0.717) is 6.54 Å². The molecular weight excluding hydrogens is 188 g/mol. The van der Waals surface area contributed by atoms with Crippen molar-refractivity contribution in [1.82, 2.24) is 4.90 Å². The third kappa shape index (κ3) is 6.66. The monoisotopic (exact) mass is 214 g/mol. The highest BCUT2D eigenvalue weighted by Gasteiger charge is 2.20. The first kappa shape index (κ1) is 14.6. The summed E-state index contributed by atoms with van der Waals surface area (Å²) in [6.45, 7) is 12.8. The molecule has 0 aromatic carbocycles. The molecule has 0 aliphatic rings. The Morgan fingerprint density at radius 1 is 1.40 bits per heavy atom. The van der Waals surface area contributed by atoms with Crippen molar-refractivity contribution in [1.29, 1.82) is 0 Å². The van der Waals surface area contributed by atoms with Crippen molar-refractivity contribution in [2.45, 2.75) is 33.2 Å². The van der Waals surface area contributed by atoms with Gasteiger partial charge in [0.15, 0.2) is 0 Å². The first-order valence-electron chi connectivity index (χ1n) is 5.61. The normalized spacial score (nSPS) is 14.3. The Morgan fingerprint density at radius 3 is 2.40 bits per heavy atom. The highest BCUT2D eigenvalue weighted by atomic mass is 16.3. The number of rotatable bonds is 7. The van der Waals surface area contributed by atoms with Gasteiger partial charge in [-0.3, -0.25) is 4.90 Å². The Hall–Kier alpha value is -0.380. The third-order valence-corrected chi connectivity index (χ3v) is 2.67. The standard InChI is InChI=1S/C12H26N2O/c1-5-7-14(9-10-15)8-6-11(13)12(2,3)4/h5,11,15H,1,6-10,13H2,2-4H3. The maximum Gasteiger partial charge on any atom is 0.0558 e. The van der Waals surface area contributed by atoms with Gasteiger partial charge in [0.25, 0.3) is 0 Å². The van der Waals surface area contributed by atoms with Crippen LogP contribution in [0.3, 0.4) is 0 Å². The Balaban J connectivity index is 3.92. The van der Waals surface area contributed by atoms with E-state index in [0.717, 1.165) is 19.5 Å². The van der Waals surface area contributed by atoms with Gasteiger partial charge in [0.05, 0.1) is 6.61 Å². The topological polar surface area (TPSA) is 49.5 Å². The lowest BCUT2D eigenvalue weighted by atomic mass is 9.85. The van der Waals surface area contributed by atoms with Crippen LogP contribution in [0.25, 0.3) is 0 Å². The number of hydrogen-bond acceptors (Lipinski definition) is 3. The van der Waals surface area contributed by atoms with E-state index in [1.807, 2.05) is 6.08 Å². The van der Waals surface area contributed by atoms with Gasteiger partial charge >= 0.3 is 0 Å². The van der Waals surface area contributed by atoms with Crippen LogP contribution in [0, 0.1) is 5.41 Å². The lowest BCUT2D eigenvalue weighted by Gasteiger charge is -2.29. The molecular formula is C12H26N2O. The van der Waals surface area contributed by atoms with E-state index < -0.39 is 0 Å². The highest BCUT2D eigenvalue weighted by molar-refractivity contribution is 4.80. The van der Waals surface area contributed by atoms with E-state index >= 15 is 0 Å². The molecule has 0 saturated carbocycles. The van der Waals surface area contributed by atoms with Crippen LogP contribution in [0.4, 0.5) is 0 Å². The van der Waals surface area contributed by atoms with Gasteiger partial charge in [0.2, 0.25) is 0 Å². The molecule has 0 amide bonds. The first-order valence-corrected chi connectivity index (χ1v) is 5.61. The van der Waals surface area contributed by atoms with Crippen LogP contribution >= 0.6 is 0 Å². The molecule has 90 valence electrons. The number of hydrogen-bond donors (Lipinski definition) is 2. The van der Waals surface area contributed by atoms with Crippen LogP contribution in [-0.2, 0) is 0 Å². The molecule has 3 N–H and O–H groups in total. The largest absolute Gasteiger partial charge is 0.395 e. The summed E-state index contributed by atoms with van der Waals surface area (Å²) in [6, 6.07) is 0.198. The molecule has 0 aliphatic carbocycles. The third-order valence-electron chi connectivity index (χ3n) is 2.67. The number of aliphatic hydroxyl groups is 1. The summed E-state index contributed by atoms with van der Waals surface area (Å²) in [4.78, 5) is 2.17. The summed E-state index contributed by atoms with van der Waals surface area (Å²) in [5.74, 6) is 0. The maximum absolute atomic E-state index is 8.88. The van der Waals surface area contributed by atoms with Crippen LogP contribution in [0.1, 0.15) is 27.2 Å². The Labute approximate surface area is 94.0 Å². The van der Waals surface area contributed by atoms with Gasteiger partial charge in [-0.1, -0.05) is 26.8 Å². The Kier molecular flexibility index (Phi) is 6.81. The van der Waals surface area contributed by atoms with Crippen molar-refractivity contribution in [2.24, 2.45) is 11.1 Å². The van der Waals surface area contributed by atoms with Crippen LogP contribution in [0.5, 0.6) is 0 Å². The van der Waals surface area contributed by atoms with Crippen molar-refractivity contribution in [3.05, 3.63) is 12.7 Å². The quantitative estimate of drug-likeness (QED) is 0.627.